The average molecular weight is 406 g/mol. The Labute approximate surface area is 173 Å². The van der Waals surface area contributed by atoms with Gasteiger partial charge in [-0.2, -0.15) is 5.10 Å². The van der Waals surface area contributed by atoms with Crippen LogP contribution in [-0.2, 0) is 0 Å². The van der Waals surface area contributed by atoms with Crippen LogP contribution in [0.4, 0.5) is 4.39 Å². The number of nitrogens with zero attached hydrogens (tertiary/aromatic N) is 1. The second kappa shape index (κ2) is 9.97. The van der Waals surface area contributed by atoms with E-state index in [1.54, 1.807) is 55.5 Å². The molecule has 0 fully saturated rings. The molecule has 3 rings (SSSR count). The van der Waals surface area contributed by atoms with Crippen molar-refractivity contribution >= 4 is 18.1 Å². The molecule has 1 amide bonds. The van der Waals surface area contributed by atoms with Crippen LogP contribution in [0.1, 0.15) is 33.2 Å². The second-order valence-corrected chi connectivity index (χ2v) is 6.07. The van der Waals surface area contributed by atoms with Crippen LogP contribution in [0, 0.1) is 5.82 Å². The Hall–Kier alpha value is -4.00. The van der Waals surface area contributed by atoms with Gasteiger partial charge in [-0.05, 0) is 55.0 Å². The van der Waals surface area contributed by atoms with E-state index >= 15 is 0 Å². The monoisotopic (exact) mass is 406 g/mol. The molecule has 7 heteroatoms. The first-order chi connectivity index (χ1) is 14.6. The lowest BCUT2D eigenvalue weighted by Gasteiger charge is -2.11. The molecule has 152 valence electrons. The SMILES string of the molecule is CCOc1cc(C=NNC(=O)c2ccccc2F)ccc1OC(=O)c1ccccc1. The summed E-state index contributed by atoms with van der Waals surface area (Å²) in [7, 11) is 0. The van der Waals surface area contributed by atoms with Gasteiger partial charge in [0.15, 0.2) is 11.5 Å². The highest BCUT2D eigenvalue weighted by Gasteiger charge is 2.13. The van der Waals surface area contributed by atoms with E-state index < -0.39 is 17.7 Å². The van der Waals surface area contributed by atoms with Crippen LogP contribution in [0.25, 0.3) is 0 Å². The number of hydrogen-bond acceptors (Lipinski definition) is 5. The normalized spacial score (nSPS) is 10.6. The maximum absolute atomic E-state index is 13.6. The van der Waals surface area contributed by atoms with Crippen molar-refractivity contribution in [3.63, 3.8) is 0 Å². The van der Waals surface area contributed by atoms with Crippen molar-refractivity contribution in [1.82, 2.24) is 5.43 Å². The van der Waals surface area contributed by atoms with Gasteiger partial charge in [-0.1, -0.05) is 30.3 Å². The summed E-state index contributed by atoms with van der Waals surface area (Å²) >= 11 is 0. The number of hydrazone groups is 1. The molecule has 0 aliphatic rings. The Balaban J connectivity index is 1.71. The number of benzene rings is 3. The van der Waals surface area contributed by atoms with Gasteiger partial charge in [-0.25, -0.2) is 14.6 Å². The molecule has 30 heavy (non-hydrogen) atoms. The zero-order valence-corrected chi connectivity index (χ0v) is 16.2. The lowest BCUT2D eigenvalue weighted by atomic mass is 10.2. The summed E-state index contributed by atoms with van der Waals surface area (Å²) in [5, 5.41) is 3.84. The van der Waals surface area contributed by atoms with Crippen molar-refractivity contribution in [1.29, 1.82) is 0 Å². The summed E-state index contributed by atoms with van der Waals surface area (Å²) < 4.78 is 24.6. The number of rotatable bonds is 7. The first-order valence-electron chi connectivity index (χ1n) is 9.20. The van der Waals surface area contributed by atoms with Gasteiger partial charge >= 0.3 is 5.97 Å². The molecule has 0 aliphatic carbocycles. The van der Waals surface area contributed by atoms with Crippen LogP contribution in [0.2, 0.25) is 0 Å². The molecule has 0 bridgehead atoms. The number of ether oxygens (including phenoxy) is 2. The fourth-order valence-electron chi connectivity index (χ4n) is 2.56. The standard InChI is InChI=1S/C23H19FN2O4/c1-2-29-21-14-16(15-25-26-22(27)18-10-6-7-11-19(18)24)12-13-20(21)30-23(28)17-8-4-3-5-9-17/h3-15H,2H2,1H3,(H,26,27). The summed E-state index contributed by atoms with van der Waals surface area (Å²) in [6.07, 6.45) is 1.38. The number of carbonyl (C=O) groups is 2. The van der Waals surface area contributed by atoms with Crippen LogP contribution < -0.4 is 14.9 Å². The van der Waals surface area contributed by atoms with Crippen LogP contribution in [0.3, 0.4) is 0 Å². The highest BCUT2D eigenvalue weighted by atomic mass is 19.1. The molecule has 0 radical (unpaired) electrons. The number of amides is 1. The summed E-state index contributed by atoms with van der Waals surface area (Å²) in [5.74, 6) is -1.18. The highest BCUT2D eigenvalue weighted by molar-refractivity contribution is 5.95. The molecule has 0 atom stereocenters. The molecule has 3 aromatic rings. The first kappa shape index (κ1) is 20.7. The van der Waals surface area contributed by atoms with Crippen molar-refractivity contribution in [2.45, 2.75) is 6.92 Å². The van der Waals surface area contributed by atoms with Gasteiger partial charge < -0.3 is 9.47 Å². The third-order valence-corrected chi connectivity index (χ3v) is 3.98. The lowest BCUT2D eigenvalue weighted by Crippen LogP contribution is -2.18. The van der Waals surface area contributed by atoms with E-state index in [0.29, 0.717) is 23.5 Å². The zero-order valence-electron chi connectivity index (χ0n) is 16.2. The molecule has 0 aromatic heterocycles. The zero-order chi connectivity index (χ0) is 21.3. The van der Waals surface area contributed by atoms with E-state index in [9.17, 15) is 14.0 Å². The first-order valence-corrected chi connectivity index (χ1v) is 9.20. The van der Waals surface area contributed by atoms with Crippen molar-refractivity contribution in [3.05, 3.63) is 95.3 Å². The van der Waals surface area contributed by atoms with Crippen LogP contribution in [0.5, 0.6) is 11.5 Å². The predicted molar refractivity (Wildman–Crippen MR) is 110 cm³/mol. The fourth-order valence-corrected chi connectivity index (χ4v) is 2.56. The number of esters is 1. The predicted octanol–water partition coefficient (Wildman–Crippen LogP) is 4.21. The van der Waals surface area contributed by atoms with Gasteiger partial charge in [0.25, 0.3) is 5.91 Å². The molecule has 1 N–H and O–H groups in total. The van der Waals surface area contributed by atoms with E-state index in [1.807, 2.05) is 6.07 Å². The average Bonchev–Trinajstić information content (AvgIpc) is 2.76. The Morgan fingerprint density at radius 2 is 1.73 bits per heavy atom. The Morgan fingerprint density at radius 3 is 2.47 bits per heavy atom. The van der Waals surface area contributed by atoms with Crippen molar-refractivity contribution in [3.8, 4) is 11.5 Å². The second-order valence-electron chi connectivity index (χ2n) is 6.07. The maximum Gasteiger partial charge on any atom is 0.343 e. The summed E-state index contributed by atoms with van der Waals surface area (Å²) in [6, 6.07) is 19.1. The van der Waals surface area contributed by atoms with Crippen molar-refractivity contribution in [2.75, 3.05) is 6.61 Å². The summed E-state index contributed by atoms with van der Waals surface area (Å²) in [4.78, 5) is 24.3. The van der Waals surface area contributed by atoms with Crippen LogP contribution in [-0.4, -0.2) is 24.7 Å². The van der Waals surface area contributed by atoms with Gasteiger partial charge in [-0.15, -0.1) is 0 Å². The molecule has 0 saturated heterocycles. The topological polar surface area (TPSA) is 77.0 Å². The Morgan fingerprint density at radius 1 is 1.00 bits per heavy atom. The quantitative estimate of drug-likeness (QED) is 0.276. The minimum atomic E-state index is -0.664. The summed E-state index contributed by atoms with van der Waals surface area (Å²) in [6.45, 7) is 2.17. The molecule has 0 spiro atoms. The minimum absolute atomic E-state index is 0.104. The fraction of sp³-hybridized carbons (Fsp3) is 0.0870. The highest BCUT2D eigenvalue weighted by Crippen LogP contribution is 2.29. The smallest absolute Gasteiger partial charge is 0.343 e. The largest absolute Gasteiger partial charge is 0.490 e. The molecule has 3 aromatic carbocycles. The van der Waals surface area contributed by atoms with E-state index in [-0.39, 0.29) is 11.3 Å². The number of carbonyl (C=O) groups excluding carboxylic acids is 2. The van der Waals surface area contributed by atoms with E-state index in [0.717, 1.165) is 0 Å². The minimum Gasteiger partial charge on any atom is -0.490 e. The molecule has 0 unspecified atom stereocenters. The molecule has 0 aliphatic heterocycles. The van der Waals surface area contributed by atoms with Gasteiger partial charge in [0.05, 0.1) is 23.9 Å². The molecule has 0 heterocycles. The number of hydrogen-bond donors (Lipinski definition) is 1. The maximum atomic E-state index is 13.6. The summed E-state index contributed by atoms with van der Waals surface area (Å²) in [5.41, 5.74) is 3.18. The van der Waals surface area contributed by atoms with Crippen molar-refractivity contribution in [2.24, 2.45) is 5.10 Å². The number of halogens is 1. The van der Waals surface area contributed by atoms with Gasteiger partial charge in [-0.3, -0.25) is 4.79 Å². The van der Waals surface area contributed by atoms with Crippen LogP contribution in [0.15, 0.2) is 77.9 Å². The third-order valence-electron chi connectivity index (χ3n) is 3.98. The molecule has 0 saturated carbocycles. The van der Waals surface area contributed by atoms with Crippen LogP contribution >= 0.6 is 0 Å². The van der Waals surface area contributed by atoms with E-state index in [2.05, 4.69) is 10.5 Å². The Bertz CT molecular complexity index is 1070. The van der Waals surface area contributed by atoms with Gasteiger partial charge in [0, 0.05) is 0 Å². The van der Waals surface area contributed by atoms with Gasteiger partial charge in [0.1, 0.15) is 5.82 Å². The Kier molecular flexibility index (Phi) is 6.89. The molecular formula is C23H19FN2O4. The molecular weight excluding hydrogens is 387 g/mol. The van der Waals surface area contributed by atoms with E-state index in [4.69, 9.17) is 9.47 Å². The number of nitrogens with one attached hydrogen (secondary N) is 1. The molecule has 6 nitrogen and oxygen atoms in total. The van der Waals surface area contributed by atoms with Gasteiger partial charge in [0.2, 0.25) is 0 Å². The van der Waals surface area contributed by atoms with E-state index in [1.165, 1.54) is 24.4 Å². The lowest BCUT2D eigenvalue weighted by molar-refractivity contribution is 0.0728. The van der Waals surface area contributed by atoms with Crippen molar-refractivity contribution < 1.29 is 23.5 Å². The third kappa shape index (κ3) is 5.29.